The van der Waals surface area contributed by atoms with Gasteiger partial charge in [-0.25, -0.2) is 0 Å². The van der Waals surface area contributed by atoms with Crippen molar-refractivity contribution in [3.63, 3.8) is 0 Å². The van der Waals surface area contributed by atoms with Gasteiger partial charge < -0.3 is 15.1 Å². The van der Waals surface area contributed by atoms with Gasteiger partial charge in [0, 0.05) is 56.9 Å². The lowest BCUT2D eigenvalue weighted by atomic mass is 9.83. The van der Waals surface area contributed by atoms with Crippen LogP contribution in [0.4, 0.5) is 0 Å². The van der Waals surface area contributed by atoms with E-state index < -0.39 is 0 Å². The van der Waals surface area contributed by atoms with Gasteiger partial charge in [0.1, 0.15) is 0 Å². The van der Waals surface area contributed by atoms with E-state index in [9.17, 15) is 14.4 Å². The van der Waals surface area contributed by atoms with Crippen molar-refractivity contribution in [1.82, 2.24) is 15.1 Å². The second-order valence-corrected chi connectivity index (χ2v) is 8.86. The summed E-state index contributed by atoms with van der Waals surface area (Å²) in [4.78, 5) is 40.1. The molecule has 0 aromatic rings. The van der Waals surface area contributed by atoms with Crippen LogP contribution in [0.3, 0.4) is 0 Å². The summed E-state index contributed by atoms with van der Waals surface area (Å²) in [6.07, 6.45) is 1.93. The summed E-state index contributed by atoms with van der Waals surface area (Å²) in [7, 11) is 0. The SMILES string of the molecule is CCN(C(C)=O)C(C)C(C)CN(C(=O)C1CC1)C(C)C(C)(C)CNC(C)=O. The number of nitrogens with one attached hydrogen (secondary N) is 1. The van der Waals surface area contributed by atoms with E-state index in [1.165, 1.54) is 6.92 Å². The van der Waals surface area contributed by atoms with Gasteiger partial charge in [-0.15, -0.1) is 0 Å². The van der Waals surface area contributed by atoms with Crippen LogP contribution in [0.2, 0.25) is 0 Å². The summed E-state index contributed by atoms with van der Waals surface area (Å²) in [6, 6.07) is 0.0483. The summed E-state index contributed by atoms with van der Waals surface area (Å²) in [6.45, 7) is 17.3. The molecular formula is C21H39N3O3. The molecule has 6 heteroatoms. The third kappa shape index (κ3) is 6.51. The minimum Gasteiger partial charge on any atom is -0.356 e. The van der Waals surface area contributed by atoms with Gasteiger partial charge in [-0.2, -0.15) is 0 Å². The van der Waals surface area contributed by atoms with Crippen molar-refractivity contribution in [1.29, 1.82) is 0 Å². The molecule has 1 aliphatic rings. The fraction of sp³-hybridized carbons (Fsp3) is 0.857. The summed E-state index contributed by atoms with van der Waals surface area (Å²) in [5.74, 6) is 0.522. The van der Waals surface area contributed by atoms with Crippen LogP contribution in [0.5, 0.6) is 0 Å². The number of nitrogens with zero attached hydrogens (tertiary/aromatic N) is 2. The number of carbonyl (C=O) groups excluding carboxylic acids is 3. The molecule has 0 bridgehead atoms. The molecule has 3 amide bonds. The molecular weight excluding hydrogens is 342 g/mol. The highest BCUT2D eigenvalue weighted by Gasteiger charge is 2.40. The zero-order chi connectivity index (χ0) is 20.9. The first kappa shape index (κ1) is 23.4. The monoisotopic (exact) mass is 381 g/mol. The van der Waals surface area contributed by atoms with Crippen molar-refractivity contribution in [3.05, 3.63) is 0 Å². The first-order valence-corrected chi connectivity index (χ1v) is 10.2. The first-order chi connectivity index (χ1) is 12.4. The molecule has 27 heavy (non-hydrogen) atoms. The van der Waals surface area contributed by atoms with Gasteiger partial charge >= 0.3 is 0 Å². The van der Waals surface area contributed by atoms with Gasteiger partial charge in [-0.05, 0) is 39.5 Å². The van der Waals surface area contributed by atoms with Crippen LogP contribution in [-0.2, 0) is 14.4 Å². The molecule has 156 valence electrons. The molecule has 1 N–H and O–H groups in total. The summed E-state index contributed by atoms with van der Waals surface area (Å²) in [5.41, 5.74) is -0.246. The zero-order valence-electron chi connectivity index (χ0n) is 18.5. The summed E-state index contributed by atoms with van der Waals surface area (Å²) >= 11 is 0. The Bertz CT molecular complexity index is 543. The Hall–Kier alpha value is -1.59. The minimum absolute atomic E-state index is 0.0143. The van der Waals surface area contributed by atoms with Gasteiger partial charge in [0.2, 0.25) is 17.7 Å². The predicted octanol–water partition coefficient (Wildman–Crippen LogP) is 2.67. The lowest BCUT2D eigenvalue weighted by Crippen LogP contribution is -2.54. The fourth-order valence-corrected chi connectivity index (χ4v) is 3.49. The summed E-state index contributed by atoms with van der Waals surface area (Å²) < 4.78 is 0. The normalized spacial score (nSPS) is 17.6. The van der Waals surface area contributed by atoms with Gasteiger partial charge in [0.25, 0.3) is 0 Å². The third-order valence-electron chi connectivity index (χ3n) is 6.15. The molecule has 1 rings (SSSR count). The van der Waals surface area contributed by atoms with Gasteiger partial charge in [0.05, 0.1) is 0 Å². The van der Waals surface area contributed by atoms with Crippen LogP contribution < -0.4 is 5.32 Å². The van der Waals surface area contributed by atoms with Gasteiger partial charge in [0.15, 0.2) is 0 Å². The van der Waals surface area contributed by atoms with E-state index in [4.69, 9.17) is 0 Å². The number of rotatable bonds is 10. The average Bonchev–Trinajstić information content (AvgIpc) is 3.41. The smallest absolute Gasteiger partial charge is 0.225 e. The Morgan fingerprint density at radius 3 is 2.04 bits per heavy atom. The van der Waals surface area contributed by atoms with Crippen molar-refractivity contribution in [2.75, 3.05) is 19.6 Å². The van der Waals surface area contributed by atoms with E-state index in [-0.39, 0.29) is 47.1 Å². The van der Waals surface area contributed by atoms with E-state index in [1.807, 2.05) is 16.7 Å². The molecule has 1 saturated carbocycles. The molecule has 0 spiro atoms. The van der Waals surface area contributed by atoms with Crippen LogP contribution in [-0.4, -0.2) is 59.2 Å². The Morgan fingerprint density at radius 1 is 1.07 bits per heavy atom. The van der Waals surface area contributed by atoms with Crippen molar-refractivity contribution < 1.29 is 14.4 Å². The van der Waals surface area contributed by atoms with Crippen molar-refractivity contribution in [3.8, 4) is 0 Å². The number of hydrogen-bond acceptors (Lipinski definition) is 3. The van der Waals surface area contributed by atoms with E-state index in [1.54, 1.807) is 6.92 Å². The maximum Gasteiger partial charge on any atom is 0.225 e. The quantitative estimate of drug-likeness (QED) is 0.632. The lowest BCUT2D eigenvalue weighted by Gasteiger charge is -2.43. The fourth-order valence-electron chi connectivity index (χ4n) is 3.49. The van der Waals surface area contributed by atoms with Crippen LogP contribution >= 0.6 is 0 Å². The molecule has 0 radical (unpaired) electrons. The molecule has 0 saturated heterocycles. The van der Waals surface area contributed by atoms with E-state index in [0.29, 0.717) is 19.6 Å². The molecule has 3 atom stereocenters. The van der Waals surface area contributed by atoms with Crippen molar-refractivity contribution >= 4 is 17.7 Å². The summed E-state index contributed by atoms with van der Waals surface area (Å²) in [5, 5.41) is 2.89. The lowest BCUT2D eigenvalue weighted by molar-refractivity contribution is -0.138. The second kappa shape index (κ2) is 9.56. The predicted molar refractivity (Wildman–Crippen MR) is 108 cm³/mol. The Kier molecular flexibility index (Phi) is 8.30. The Balaban J connectivity index is 2.95. The molecule has 1 aliphatic carbocycles. The second-order valence-electron chi connectivity index (χ2n) is 8.86. The number of carbonyl (C=O) groups is 3. The first-order valence-electron chi connectivity index (χ1n) is 10.2. The van der Waals surface area contributed by atoms with Gasteiger partial charge in [-0.1, -0.05) is 20.8 Å². The van der Waals surface area contributed by atoms with Crippen LogP contribution in [0, 0.1) is 17.3 Å². The topological polar surface area (TPSA) is 69.7 Å². The molecule has 6 nitrogen and oxygen atoms in total. The average molecular weight is 382 g/mol. The van der Waals surface area contributed by atoms with Crippen molar-refractivity contribution in [2.45, 2.75) is 80.3 Å². The highest BCUT2D eigenvalue weighted by molar-refractivity contribution is 5.81. The van der Waals surface area contributed by atoms with E-state index in [0.717, 1.165) is 12.8 Å². The van der Waals surface area contributed by atoms with E-state index in [2.05, 4.69) is 39.9 Å². The highest BCUT2D eigenvalue weighted by atomic mass is 16.2. The molecule has 0 aliphatic heterocycles. The minimum atomic E-state index is -0.246. The number of amides is 3. The molecule has 0 heterocycles. The third-order valence-corrected chi connectivity index (χ3v) is 6.15. The standard InChI is InChI=1S/C21H39N3O3/c1-9-23(18(6)26)15(3)14(2)12-24(20(27)19-10-11-19)16(4)21(7,8)13-22-17(5)25/h14-16,19H,9-13H2,1-8H3,(H,22,25). The van der Waals surface area contributed by atoms with Crippen LogP contribution in [0.25, 0.3) is 0 Å². The Morgan fingerprint density at radius 2 is 1.63 bits per heavy atom. The van der Waals surface area contributed by atoms with Crippen LogP contribution in [0.15, 0.2) is 0 Å². The van der Waals surface area contributed by atoms with E-state index >= 15 is 0 Å². The molecule has 3 unspecified atom stereocenters. The largest absolute Gasteiger partial charge is 0.356 e. The maximum absolute atomic E-state index is 13.0. The molecule has 0 aromatic carbocycles. The number of hydrogen-bond donors (Lipinski definition) is 1. The molecule has 1 fully saturated rings. The van der Waals surface area contributed by atoms with Crippen molar-refractivity contribution in [2.24, 2.45) is 17.3 Å². The Labute approximate surface area is 165 Å². The maximum atomic E-state index is 13.0. The highest BCUT2D eigenvalue weighted by Crippen LogP contribution is 2.35. The zero-order valence-corrected chi connectivity index (χ0v) is 18.5. The van der Waals surface area contributed by atoms with Crippen LogP contribution in [0.1, 0.15) is 68.2 Å². The van der Waals surface area contributed by atoms with Gasteiger partial charge in [-0.3, -0.25) is 14.4 Å². The molecule has 0 aromatic heterocycles.